The van der Waals surface area contributed by atoms with Gasteiger partial charge in [-0.1, -0.05) is 30.3 Å². The van der Waals surface area contributed by atoms with Crippen LogP contribution in [0.1, 0.15) is 37.4 Å². The molecule has 1 amide bonds. The maximum absolute atomic E-state index is 14.1. The number of nitrogens with one attached hydrogen (secondary N) is 1. The summed E-state index contributed by atoms with van der Waals surface area (Å²) < 4.78 is 38.8. The summed E-state index contributed by atoms with van der Waals surface area (Å²) in [5.41, 5.74) is 2.21. The van der Waals surface area contributed by atoms with Gasteiger partial charge in [0.15, 0.2) is 0 Å². The molecule has 0 aliphatic carbocycles. The maximum atomic E-state index is 14.1. The zero-order valence-corrected chi connectivity index (χ0v) is 23.4. The number of hydrogen-bond donors (Lipinski definition) is 2. The Kier molecular flexibility index (Phi) is 8.11. The monoisotopic (exact) mass is 566 g/mol. The van der Waals surface area contributed by atoms with Crippen molar-refractivity contribution < 1.29 is 22.7 Å². The first-order chi connectivity index (χ1) is 19.1. The molecule has 2 heterocycles. The molecule has 212 valence electrons. The fraction of sp³-hybridized carbons (Fsp3) is 0.367. The smallest absolute Gasteiger partial charge is 0.254 e. The van der Waals surface area contributed by atoms with Gasteiger partial charge in [0.1, 0.15) is 11.4 Å². The second-order valence-corrected chi connectivity index (χ2v) is 12.4. The summed E-state index contributed by atoms with van der Waals surface area (Å²) in [6.07, 6.45) is 3.19. The van der Waals surface area contributed by atoms with E-state index in [1.165, 1.54) is 12.1 Å². The summed E-state index contributed by atoms with van der Waals surface area (Å²) in [4.78, 5) is 20.4. The van der Waals surface area contributed by atoms with Crippen LogP contribution in [0.5, 0.6) is 0 Å². The minimum atomic E-state index is -3.39. The molecule has 1 spiro atoms. The van der Waals surface area contributed by atoms with Gasteiger partial charge in [0.2, 0.25) is 10.0 Å². The molecule has 2 aliphatic heterocycles. The topological polar surface area (TPSA) is 93.2 Å². The zero-order valence-electron chi connectivity index (χ0n) is 22.5. The number of carbonyl (C=O) groups is 1. The summed E-state index contributed by atoms with van der Waals surface area (Å²) in [5.74, 6) is -0.268. The summed E-state index contributed by atoms with van der Waals surface area (Å²) in [5, 5.41) is 10.5. The number of carbonyl (C=O) groups excluding carboxylic acids is 1. The van der Waals surface area contributed by atoms with Crippen molar-refractivity contribution in [1.82, 2.24) is 4.90 Å². The minimum Gasteiger partial charge on any atom is -0.388 e. The molecule has 0 bridgehead atoms. The van der Waals surface area contributed by atoms with Crippen molar-refractivity contribution in [1.29, 1.82) is 0 Å². The van der Waals surface area contributed by atoms with Crippen molar-refractivity contribution >= 4 is 33.0 Å². The summed E-state index contributed by atoms with van der Waals surface area (Å²) in [6, 6.07) is 22.8. The van der Waals surface area contributed by atoms with Gasteiger partial charge in [0, 0.05) is 30.2 Å². The molecule has 2 saturated heterocycles. The van der Waals surface area contributed by atoms with Gasteiger partial charge in [0.25, 0.3) is 5.91 Å². The zero-order chi connectivity index (χ0) is 28.3. The first kappa shape index (κ1) is 28.1. The van der Waals surface area contributed by atoms with Crippen molar-refractivity contribution in [2.24, 2.45) is 0 Å². The van der Waals surface area contributed by atoms with Gasteiger partial charge in [-0.2, -0.15) is 0 Å². The predicted molar refractivity (Wildman–Crippen MR) is 155 cm³/mol. The Balaban J connectivity index is 1.26. The quantitative estimate of drug-likeness (QED) is 0.400. The van der Waals surface area contributed by atoms with E-state index < -0.39 is 21.7 Å². The van der Waals surface area contributed by atoms with Crippen LogP contribution in [0.4, 0.5) is 21.5 Å². The molecule has 2 fully saturated rings. The van der Waals surface area contributed by atoms with Gasteiger partial charge < -0.3 is 14.9 Å². The van der Waals surface area contributed by atoms with E-state index in [4.69, 9.17) is 0 Å². The van der Waals surface area contributed by atoms with Crippen molar-refractivity contribution in [2.45, 2.75) is 37.3 Å². The number of anilines is 3. The number of rotatable bonds is 9. The van der Waals surface area contributed by atoms with Crippen LogP contribution < -0.4 is 14.5 Å². The van der Waals surface area contributed by atoms with Gasteiger partial charge in [0.05, 0.1) is 19.0 Å². The number of likely N-dealkylation sites (tertiary alicyclic amines) is 1. The van der Waals surface area contributed by atoms with Crippen molar-refractivity contribution in [3.05, 3.63) is 90.2 Å². The van der Waals surface area contributed by atoms with Gasteiger partial charge in [-0.15, -0.1) is 0 Å². The standard InChI is InChI=1S/C30H35FN4O4S/c1-40(38,39)32-25-13-15-26(16-14-25)34-22-35(27-6-3-2-4-7-27)30(29(34)37)17-20-33(21-18-30)19-5-8-28(36)23-9-11-24(31)12-10-23/h2-4,6-7,9-16,28,32,36H,5,8,17-22H2,1H3. The Hall–Kier alpha value is -3.47. The molecule has 0 saturated carbocycles. The van der Waals surface area contributed by atoms with Crippen LogP contribution in [0.3, 0.4) is 0 Å². The molecule has 5 rings (SSSR count). The molecule has 0 radical (unpaired) electrons. The Labute approximate surface area is 235 Å². The summed E-state index contributed by atoms with van der Waals surface area (Å²) in [6.45, 7) is 2.73. The third-order valence-electron chi connectivity index (χ3n) is 7.88. The highest BCUT2D eigenvalue weighted by molar-refractivity contribution is 7.92. The SMILES string of the molecule is CS(=O)(=O)Nc1ccc(N2CN(c3ccccc3)C3(CCN(CCCC(O)c4ccc(F)cc4)CC3)C2=O)cc1. The molecule has 8 nitrogen and oxygen atoms in total. The van der Waals surface area contributed by atoms with Gasteiger partial charge in [-0.25, -0.2) is 12.8 Å². The number of aliphatic hydroxyl groups is 1. The molecule has 1 unspecified atom stereocenters. The first-order valence-corrected chi connectivity index (χ1v) is 15.4. The summed E-state index contributed by atoms with van der Waals surface area (Å²) in [7, 11) is -3.39. The lowest BCUT2D eigenvalue weighted by molar-refractivity contribution is -0.123. The Morgan fingerprint density at radius 1 is 0.950 bits per heavy atom. The molecular formula is C30H35FN4O4S. The number of amides is 1. The van der Waals surface area contributed by atoms with Crippen LogP contribution >= 0.6 is 0 Å². The lowest BCUT2D eigenvalue weighted by Crippen LogP contribution is -2.56. The molecule has 3 aromatic rings. The third-order valence-corrected chi connectivity index (χ3v) is 8.49. The van der Waals surface area contributed by atoms with Crippen molar-refractivity contribution in [3.8, 4) is 0 Å². The van der Waals surface area contributed by atoms with Crippen LogP contribution in [0.2, 0.25) is 0 Å². The van der Waals surface area contributed by atoms with E-state index in [2.05, 4.69) is 14.5 Å². The lowest BCUT2D eigenvalue weighted by atomic mass is 9.85. The fourth-order valence-electron chi connectivity index (χ4n) is 5.76. The molecule has 0 aromatic heterocycles. The van der Waals surface area contributed by atoms with Crippen LogP contribution in [0, 0.1) is 5.82 Å². The maximum Gasteiger partial charge on any atom is 0.254 e. The largest absolute Gasteiger partial charge is 0.388 e. The highest BCUT2D eigenvalue weighted by atomic mass is 32.2. The van der Waals surface area contributed by atoms with E-state index in [-0.39, 0.29) is 11.7 Å². The van der Waals surface area contributed by atoms with E-state index in [0.29, 0.717) is 37.2 Å². The number of para-hydroxylation sites is 1. The first-order valence-electron chi connectivity index (χ1n) is 13.5. The molecule has 3 aromatic carbocycles. The Bertz CT molecular complexity index is 1410. The van der Waals surface area contributed by atoms with Crippen LogP contribution in [-0.2, 0) is 14.8 Å². The number of halogens is 1. The molecule has 10 heteroatoms. The fourth-order valence-corrected chi connectivity index (χ4v) is 6.32. The Morgan fingerprint density at radius 2 is 1.60 bits per heavy atom. The van der Waals surface area contributed by atoms with Gasteiger partial charge in [-0.3, -0.25) is 14.4 Å². The highest BCUT2D eigenvalue weighted by Crippen LogP contribution is 2.41. The highest BCUT2D eigenvalue weighted by Gasteiger charge is 2.54. The number of hydrogen-bond acceptors (Lipinski definition) is 6. The number of aliphatic hydroxyl groups excluding tert-OH is 1. The van der Waals surface area contributed by atoms with E-state index in [0.717, 1.165) is 43.7 Å². The van der Waals surface area contributed by atoms with Crippen LogP contribution in [0.15, 0.2) is 78.9 Å². The van der Waals surface area contributed by atoms with E-state index in [1.807, 2.05) is 30.3 Å². The van der Waals surface area contributed by atoms with Crippen molar-refractivity contribution in [2.75, 3.05) is 47.1 Å². The number of benzene rings is 3. The second-order valence-electron chi connectivity index (χ2n) is 10.6. The third kappa shape index (κ3) is 6.14. The molecule has 1 atom stereocenters. The number of sulfonamides is 1. The van der Waals surface area contributed by atoms with Crippen LogP contribution in [-0.4, -0.2) is 62.4 Å². The average Bonchev–Trinajstić information content (AvgIpc) is 3.21. The second kappa shape index (κ2) is 11.6. The number of nitrogens with zero attached hydrogens (tertiary/aromatic N) is 3. The van der Waals surface area contributed by atoms with Crippen molar-refractivity contribution in [3.63, 3.8) is 0 Å². The lowest BCUT2D eigenvalue weighted by Gasteiger charge is -2.43. The van der Waals surface area contributed by atoms with E-state index in [9.17, 15) is 22.7 Å². The molecule has 2 aliphatic rings. The van der Waals surface area contributed by atoms with Gasteiger partial charge in [-0.05, 0) is 86.3 Å². The summed E-state index contributed by atoms with van der Waals surface area (Å²) >= 11 is 0. The van der Waals surface area contributed by atoms with E-state index >= 15 is 0 Å². The number of piperidine rings is 1. The van der Waals surface area contributed by atoms with Crippen LogP contribution in [0.25, 0.3) is 0 Å². The predicted octanol–water partition coefficient (Wildman–Crippen LogP) is 4.36. The molecule has 40 heavy (non-hydrogen) atoms. The minimum absolute atomic E-state index is 0.0477. The average molecular weight is 567 g/mol. The molecular weight excluding hydrogens is 531 g/mol. The normalized spacial score (nSPS) is 18.3. The molecule has 2 N–H and O–H groups in total. The van der Waals surface area contributed by atoms with Gasteiger partial charge >= 0.3 is 0 Å². The van der Waals surface area contributed by atoms with E-state index in [1.54, 1.807) is 41.3 Å². The Morgan fingerprint density at radius 3 is 2.23 bits per heavy atom.